The molecule has 0 amide bonds. The molecule has 0 aliphatic rings. The highest BCUT2D eigenvalue weighted by Crippen LogP contribution is 2.19. The second kappa shape index (κ2) is 5.53. The van der Waals surface area contributed by atoms with Gasteiger partial charge in [-0.15, -0.1) is 10.2 Å². The fourth-order valence-electron chi connectivity index (χ4n) is 1.93. The molecule has 0 saturated heterocycles. The molecule has 98 valence electrons. The number of aryl methyl sites for hydroxylation is 1. The summed E-state index contributed by atoms with van der Waals surface area (Å²) in [5, 5.41) is 8.11. The Bertz CT molecular complexity index is 730. The molecule has 0 aliphatic heterocycles. The fourth-order valence-corrected chi connectivity index (χ4v) is 1.93. The minimum absolute atomic E-state index is 0.505. The van der Waals surface area contributed by atoms with Crippen LogP contribution in [-0.4, -0.2) is 10.2 Å². The molecule has 0 atom stereocenters. The molecule has 0 unspecified atom stereocenters. The largest absolute Gasteiger partial charge is 0.417 e. The summed E-state index contributed by atoms with van der Waals surface area (Å²) in [6.45, 7) is 2.04. The molecule has 2 aromatic carbocycles. The Hall–Kier alpha value is -2.68. The average molecular weight is 262 g/mol. The van der Waals surface area contributed by atoms with Gasteiger partial charge in [-0.2, -0.15) is 0 Å². The SMILES string of the molecule is Cc1cccc(-c2nnc(/C=C/c3ccccc3)o2)c1. The maximum absolute atomic E-state index is 5.64. The zero-order valence-electron chi connectivity index (χ0n) is 11.2. The van der Waals surface area contributed by atoms with Crippen molar-refractivity contribution in [1.82, 2.24) is 10.2 Å². The van der Waals surface area contributed by atoms with Crippen molar-refractivity contribution < 1.29 is 4.42 Å². The van der Waals surface area contributed by atoms with E-state index in [0.717, 1.165) is 11.1 Å². The fraction of sp³-hybridized carbons (Fsp3) is 0.0588. The van der Waals surface area contributed by atoms with Crippen LogP contribution in [0.2, 0.25) is 0 Å². The van der Waals surface area contributed by atoms with Crippen LogP contribution in [-0.2, 0) is 0 Å². The first-order valence-corrected chi connectivity index (χ1v) is 6.45. The van der Waals surface area contributed by atoms with Crippen molar-refractivity contribution in [2.75, 3.05) is 0 Å². The highest BCUT2D eigenvalue weighted by atomic mass is 16.4. The average Bonchev–Trinajstić information content (AvgIpc) is 2.95. The Morgan fingerprint density at radius 3 is 2.55 bits per heavy atom. The van der Waals surface area contributed by atoms with Crippen LogP contribution in [0.25, 0.3) is 23.6 Å². The molecule has 3 aromatic rings. The first-order chi connectivity index (χ1) is 9.81. The Balaban J connectivity index is 1.82. The quantitative estimate of drug-likeness (QED) is 0.709. The van der Waals surface area contributed by atoms with Gasteiger partial charge in [0.05, 0.1) is 0 Å². The van der Waals surface area contributed by atoms with Crippen LogP contribution in [0.5, 0.6) is 0 Å². The lowest BCUT2D eigenvalue weighted by atomic mass is 10.1. The minimum atomic E-state index is 0.505. The summed E-state index contributed by atoms with van der Waals surface area (Å²) in [4.78, 5) is 0. The molecule has 20 heavy (non-hydrogen) atoms. The first kappa shape index (κ1) is 12.4. The predicted molar refractivity (Wildman–Crippen MR) is 79.8 cm³/mol. The number of hydrogen-bond donors (Lipinski definition) is 0. The third-order valence-corrected chi connectivity index (χ3v) is 2.92. The van der Waals surface area contributed by atoms with Gasteiger partial charge in [-0.25, -0.2) is 0 Å². The van der Waals surface area contributed by atoms with Crippen LogP contribution in [0.15, 0.2) is 59.0 Å². The molecular weight excluding hydrogens is 248 g/mol. The topological polar surface area (TPSA) is 38.9 Å². The van der Waals surface area contributed by atoms with Gasteiger partial charge in [0.15, 0.2) is 0 Å². The lowest BCUT2D eigenvalue weighted by Crippen LogP contribution is -1.78. The van der Waals surface area contributed by atoms with Crippen LogP contribution in [0, 0.1) is 6.92 Å². The van der Waals surface area contributed by atoms with E-state index in [1.165, 1.54) is 5.56 Å². The lowest BCUT2D eigenvalue weighted by molar-refractivity contribution is 0.558. The van der Waals surface area contributed by atoms with Gasteiger partial charge in [0, 0.05) is 11.6 Å². The maximum atomic E-state index is 5.64. The number of aromatic nitrogens is 2. The predicted octanol–water partition coefficient (Wildman–Crippen LogP) is 4.22. The number of nitrogens with zero attached hydrogens (tertiary/aromatic N) is 2. The summed E-state index contributed by atoms with van der Waals surface area (Å²) in [5.41, 5.74) is 3.21. The van der Waals surface area contributed by atoms with E-state index in [2.05, 4.69) is 10.2 Å². The Morgan fingerprint density at radius 2 is 1.75 bits per heavy atom. The molecule has 0 bridgehead atoms. The van der Waals surface area contributed by atoms with Gasteiger partial charge in [-0.1, -0.05) is 48.0 Å². The van der Waals surface area contributed by atoms with E-state index >= 15 is 0 Å². The van der Waals surface area contributed by atoms with Gasteiger partial charge in [0.2, 0.25) is 11.8 Å². The molecule has 0 spiro atoms. The van der Waals surface area contributed by atoms with E-state index in [4.69, 9.17) is 4.42 Å². The highest BCUT2D eigenvalue weighted by Gasteiger charge is 2.06. The third-order valence-electron chi connectivity index (χ3n) is 2.92. The first-order valence-electron chi connectivity index (χ1n) is 6.45. The van der Waals surface area contributed by atoms with Crippen LogP contribution >= 0.6 is 0 Å². The van der Waals surface area contributed by atoms with Crippen molar-refractivity contribution in [2.45, 2.75) is 6.92 Å². The summed E-state index contributed by atoms with van der Waals surface area (Å²) in [5.74, 6) is 1.05. The van der Waals surface area contributed by atoms with Gasteiger partial charge in [-0.05, 0) is 30.7 Å². The summed E-state index contributed by atoms with van der Waals surface area (Å²) in [7, 11) is 0. The van der Waals surface area contributed by atoms with Gasteiger partial charge in [-0.3, -0.25) is 0 Å². The van der Waals surface area contributed by atoms with Crippen LogP contribution in [0.1, 0.15) is 17.0 Å². The van der Waals surface area contributed by atoms with E-state index in [-0.39, 0.29) is 0 Å². The molecule has 0 saturated carbocycles. The maximum Gasteiger partial charge on any atom is 0.248 e. The standard InChI is InChI=1S/C17H14N2O/c1-13-6-5-9-15(12-13)17-19-18-16(20-17)11-10-14-7-3-2-4-8-14/h2-12H,1H3/b11-10+. The van der Waals surface area contributed by atoms with Crippen molar-refractivity contribution in [3.8, 4) is 11.5 Å². The van der Waals surface area contributed by atoms with Gasteiger partial charge in [0.25, 0.3) is 0 Å². The minimum Gasteiger partial charge on any atom is -0.417 e. The van der Waals surface area contributed by atoms with E-state index in [1.807, 2.05) is 73.7 Å². The third kappa shape index (κ3) is 2.83. The molecule has 0 aliphatic carbocycles. The Labute approximate surface area is 117 Å². The zero-order chi connectivity index (χ0) is 13.8. The molecule has 0 fully saturated rings. The van der Waals surface area contributed by atoms with Crippen LogP contribution in [0.3, 0.4) is 0 Å². The van der Waals surface area contributed by atoms with Gasteiger partial charge in [0.1, 0.15) is 0 Å². The molecule has 1 aromatic heterocycles. The van der Waals surface area contributed by atoms with Crippen molar-refractivity contribution in [1.29, 1.82) is 0 Å². The van der Waals surface area contributed by atoms with E-state index < -0.39 is 0 Å². The van der Waals surface area contributed by atoms with Gasteiger partial charge >= 0.3 is 0 Å². The highest BCUT2D eigenvalue weighted by molar-refractivity contribution is 5.66. The van der Waals surface area contributed by atoms with E-state index in [9.17, 15) is 0 Å². The van der Waals surface area contributed by atoms with E-state index in [1.54, 1.807) is 0 Å². The molecular formula is C17H14N2O. The molecule has 3 nitrogen and oxygen atoms in total. The van der Waals surface area contributed by atoms with Crippen molar-refractivity contribution in [2.24, 2.45) is 0 Å². The molecule has 1 heterocycles. The number of hydrogen-bond acceptors (Lipinski definition) is 3. The zero-order valence-corrected chi connectivity index (χ0v) is 11.2. The number of rotatable bonds is 3. The second-order valence-electron chi connectivity index (χ2n) is 4.56. The van der Waals surface area contributed by atoms with Gasteiger partial charge < -0.3 is 4.42 Å². The summed E-state index contributed by atoms with van der Waals surface area (Å²) >= 11 is 0. The number of benzene rings is 2. The van der Waals surface area contributed by atoms with Crippen LogP contribution < -0.4 is 0 Å². The molecule has 3 heteroatoms. The summed E-state index contributed by atoms with van der Waals surface area (Å²) in [6, 6.07) is 18.0. The molecule has 0 radical (unpaired) electrons. The molecule has 3 rings (SSSR count). The monoisotopic (exact) mass is 262 g/mol. The Kier molecular flexibility index (Phi) is 3.42. The van der Waals surface area contributed by atoms with Crippen molar-refractivity contribution >= 4 is 12.2 Å². The molecule has 0 N–H and O–H groups in total. The second-order valence-corrected chi connectivity index (χ2v) is 4.56. The smallest absolute Gasteiger partial charge is 0.248 e. The summed E-state index contributed by atoms with van der Waals surface area (Å²) in [6.07, 6.45) is 3.77. The van der Waals surface area contributed by atoms with E-state index in [0.29, 0.717) is 11.8 Å². The van der Waals surface area contributed by atoms with Crippen LogP contribution in [0.4, 0.5) is 0 Å². The normalized spacial score (nSPS) is 11.1. The summed E-state index contributed by atoms with van der Waals surface area (Å²) < 4.78 is 5.64. The van der Waals surface area contributed by atoms with Crippen molar-refractivity contribution in [3.63, 3.8) is 0 Å². The Morgan fingerprint density at radius 1 is 0.900 bits per heavy atom. The van der Waals surface area contributed by atoms with Crippen molar-refractivity contribution in [3.05, 3.63) is 71.6 Å². The lowest BCUT2D eigenvalue weighted by Gasteiger charge is -1.95.